The Hall–Kier alpha value is -2.90. The number of carbonyl (C=O) groups is 2. The number of amides is 2. The van der Waals surface area contributed by atoms with E-state index >= 15 is 0 Å². The van der Waals surface area contributed by atoms with Crippen LogP contribution in [0.3, 0.4) is 0 Å². The van der Waals surface area contributed by atoms with Crippen LogP contribution in [-0.4, -0.2) is 34.0 Å². The number of nitrogens with zero attached hydrogens (tertiary/aromatic N) is 1. The molecule has 0 saturated carbocycles. The number of carbonyl (C=O) groups excluding carboxylic acids is 2. The predicted octanol–water partition coefficient (Wildman–Crippen LogP) is 4.84. The normalized spacial score (nSPS) is 14.3. The average molecular weight is 418 g/mol. The fraction of sp³-hybridized carbons (Fsp3) is 0.407. The van der Waals surface area contributed by atoms with Crippen LogP contribution in [0.25, 0.3) is 0 Å². The molecule has 0 aromatic heterocycles. The molecule has 0 fully saturated rings. The Balaban J connectivity index is 1.67. The van der Waals surface area contributed by atoms with Gasteiger partial charge >= 0.3 is 0 Å². The summed E-state index contributed by atoms with van der Waals surface area (Å²) >= 11 is 0. The molecule has 1 heterocycles. The van der Waals surface area contributed by atoms with E-state index in [4.69, 9.17) is 0 Å². The molecule has 1 N–H and O–H groups in total. The first-order valence-corrected chi connectivity index (χ1v) is 11.2. The molecule has 1 aliphatic heterocycles. The van der Waals surface area contributed by atoms with Gasteiger partial charge in [0.25, 0.3) is 11.8 Å². The molecule has 0 aliphatic carbocycles. The van der Waals surface area contributed by atoms with E-state index in [2.05, 4.69) is 25.7 Å². The standard InChI is InChI=1S/C27H31NO3/c1-4-14-27(31,15-5-2)16-13-21-9-8-10-22(18-21)17-20(3)19-28-25(29)23-11-6-7-12-24(23)26(28)30/h6-12,18,20,31H,4-5,14-15,17,19H2,1-3H3. The first-order valence-electron chi connectivity index (χ1n) is 11.2. The van der Waals surface area contributed by atoms with Crippen molar-refractivity contribution in [1.29, 1.82) is 0 Å². The maximum atomic E-state index is 12.6. The Morgan fingerprint density at radius 2 is 1.58 bits per heavy atom. The fourth-order valence-corrected chi connectivity index (χ4v) is 4.23. The summed E-state index contributed by atoms with van der Waals surface area (Å²) in [5.41, 5.74) is 2.02. The van der Waals surface area contributed by atoms with Gasteiger partial charge in [0.15, 0.2) is 0 Å². The first kappa shape index (κ1) is 22.8. The molecule has 0 radical (unpaired) electrons. The van der Waals surface area contributed by atoms with Gasteiger partial charge in [-0.25, -0.2) is 0 Å². The summed E-state index contributed by atoms with van der Waals surface area (Å²) < 4.78 is 0. The lowest BCUT2D eigenvalue weighted by Gasteiger charge is -2.20. The van der Waals surface area contributed by atoms with Gasteiger partial charge < -0.3 is 5.11 Å². The zero-order valence-corrected chi connectivity index (χ0v) is 18.6. The van der Waals surface area contributed by atoms with Crippen LogP contribution in [-0.2, 0) is 6.42 Å². The van der Waals surface area contributed by atoms with Crippen molar-refractivity contribution in [2.75, 3.05) is 6.54 Å². The molecule has 3 rings (SSSR count). The van der Waals surface area contributed by atoms with Crippen LogP contribution in [0.4, 0.5) is 0 Å². The Labute approximate surface area is 185 Å². The van der Waals surface area contributed by atoms with Crippen molar-refractivity contribution >= 4 is 11.8 Å². The van der Waals surface area contributed by atoms with Gasteiger partial charge in [0.2, 0.25) is 0 Å². The summed E-state index contributed by atoms with van der Waals surface area (Å²) in [6.45, 7) is 6.54. The summed E-state index contributed by atoms with van der Waals surface area (Å²) in [5.74, 6) is 5.93. The van der Waals surface area contributed by atoms with E-state index in [-0.39, 0.29) is 17.7 Å². The highest BCUT2D eigenvalue weighted by Gasteiger charge is 2.35. The molecule has 4 nitrogen and oxygen atoms in total. The van der Waals surface area contributed by atoms with Crippen LogP contribution in [0.2, 0.25) is 0 Å². The second-order valence-corrected chi connectivity index (χ2v) is 8.56. The van der Waals surface area contributed by atoms with Gasteiger partial charge in [0, 0.05) is 12.1 Å². The maximum absolute atomic E-state index is 12.6. The molecule has 0 saturated heterocycles. The van der Waals surface area contributed by atoms with E-state index in [1.165, 1.54) is 4.90 Å². The smallest absolute Gasteiger partial charge is 0.261 e. The molecule has 4 heteroatoms. The van der Waals surface area contributed by atoms with Gasteiger partial charge in [-0.3, -0.25) is 14.5 Å². The van der Waals surface area contributed by atoms with Crippen molar-refractivity contribution in [2.45, 2.75) is 58.5 Å². The molecular formula is C27H31NO3. The van der Waals surface area contributed by atoms with Crippen LogP contribution in [0, 0.1) is 17.8 Å². The third-order valence-electron chi connectivity index (χ3n) is 5.65. The Morgan fingerprint density at radius 3 is 2.16 bits per heavy atom. The molecule has 1 atom stereocenters. The summed E-state index contributed by atoms with van der Waals surface area (Å²) in [6.07, 6.45) is 3.86. The molecular weight excluding hydrogens is 386 g/mol. The highest BCUT2D eigenvalue weighted by Crippen LogP contribution is 2.24. The van der Waals surface area contributed by atoms with E-state index in [1.54, 1.807) is 24.3 Å². The molecule has 0 bridgehead atoms. The molecule has 162 valence electrons. The van der Waals surface area contributed by atoms with Gasteiger partial charge in [-0.05, 0) is 55.0 Å². The van der Waals surface area contributed by atoms with E-state index < -0.39 is 5.60 Å². The van der Waals surface area contributed by atoms with E-state index in [1.807, 2.05) is 31.2 Å². The molecule has 0 spiro atoms. The monoisotopic (exact) mass is 417 g/mol. The highest BCUT2D eigenvalue weighted by atomic mass is 16.3. The minimum Gasteiger partial charge on any atom is -0.378 e. The van der Waals surface area contributed by atoms with Gasteiger partial charge in [-0.2, -0.15) is 0 Å². The summed E-state index contributed by atoms with van der Waals surface area (Å²) in [5, 5.41) is 10.7. The summed E-state index contributed by atoms with van der Waals surface area (Å²) in [6, 6.07) is 15.0. The van der Waals surface area contributed by atoms with E-state index in [9.17, 15) is 14.7 Å². The zero-order chi connectivity index (χ0) is 22.4. The Bertz CT molecular complexity index is 973. The molecule has 1 aliphatic rings. The maximum Gasteiger partial charge on any atom is 0.261 e. The second-order valence-electron chi connectivity index (χ2n) is 8.56. The van der Waals surface area contributed by atoms with Crippen molar-refractivity contribution in [3.8, 4) is 11.8 Å². The minimum atomic E-state index is -0.932. The van der Waals surface area contributed by atoms with Crippen LogP contribution < -0.4 is 0 Å². The predicted molar refractivity (Wildman–Crippen MR) is 123 cm³/mol. The van der Waals surface area contributed by atoms with Crippen molar-refractivity contribution in [2.24, 2.45) is 5.92 Å². The lowest BCUT2D eigenvalue weighted by Crippen LogP contribution is -2.34. The Kier molecular flexibility index (Phi) is 7.30. The number of hydrogen-bond donors (Lipinski definition) is 1. The van der Waals surface area contributed by atoms with Crippen molar-refractivity contribution in [3.05, 3.63) is 70.8 Å². The molecule has 31 heavy (non-hydrogen) atoms. The number of rotatable bonds is 8. The van der Waals surface area contributed by atoms with Crippen molar-refractivity contribution in [3.63, 3.8) is 0 Å². The van der Waals surface area contributed by atoms with Gasteiger partial charge in [-0.15, -0.1) is 0 Å². The molecule has 2 aromatic rings. The average Bonchev–Trinajstić information content (AvgIpc) is 2.98. The van der Waals surface area contributed by atoms with Gasteiger partial charge in [0.05, 0.1) is 11.1 Å². The summed E-state index contributed by atoms with van der Waals surface area (Å²) in [4.78, 5) is 26.6. The molecule has 2 aromatic carbocycles. The third-order valence-corrected chi connectivity index (χ3v) is 5.65. The number of fused-ring (bicyclic) bond motifs is 1. The quantitative estimate of drug-likeness (QED) is 0.494. The number of aliphatic hydroxyl groups is 1. The van der Waals surface area contributed by atoms with Crippen LogP contribution in [0.5, 0.6) is 0 Å². The second kappa shape index (κ2) is 9.94. The molecule has 1 unspecified atom stereocenters. The SMILES string of the molecule is CCCC(O)(C#Cc1cccc(CC(C)CN2C(=O)c3ccccc3C2=O)c1)CCC. The largest absolute Gasteiger partial charge is 0.378 e. The number of hydrogen-bond acceptors (Lipinski definition) is 3. The zero-order valence-electron chi connectivity index (χ0n) is 18.6. The highest BCUT2D eigenvalue weighted by molar-refractivity contribution is 6.21. The summed E-state index contributed by atoms with van der Waals surface area (Å²) in [7, 11) is 0. The van der Waals surface area contributed by atoms with Crippen molar-refractivity contribution < 1.29 is 14.7 Å². The van der Waals surface area contributed by atoms with Crippen LogP contribution in [0.1, 0.15) is 78.3 Å². The van der Waals surface area contributed by atoms with E-state index in [0.29, 0.717) is 30.5 Å². The first-order chi connectivity index (χ1) is 14.9. The van der Waals surface area contributed by atoms with Gasteiger partial charge in [-0.1, -0.05) is 69.7 Å². The van der Waals surface area contributed by atoms with Crippen LogP contribution in [0.15, 0.2) is 48.5 Å². The number of benzene rings is 2. The Morgan fingerprint density at radius 1 is 0.968 bits per heavy atom. The van der Waals surface area contributed by atoms with Crippen LogP contribution >= 0.6 is 0 Å². The number of imide groups is 1. The van der Waals surface area contributed by atoms with Crippen molar-refractivity contribution in [1.82, 2.24) is 4.90 Å². The fourth-order valence-electron chi connectivity index (χ4n) is 4.23. The lowest BCUT2D eigenvalue weighted by atomic mass is 9.93. The topological polar surface area (TPSA) is 57.6 Å². The third kappa shape index (κ3) is 5.42. The lowest BCUT2D eigenvalue weighted by molar-refractivity contribution is 0.0632. The molecule has 2 amide bonds. The minimum absolute atomic E-state index is 0.113. The van der Waals surface area contributed by atoms with E-state index in [0.717, 1.165) is 30.4 Å². The van der Waals surface area contributed by atoms with Gasteiger partial charge in [0.1, 0.15) is 5.60 Å².